The maximum absolute atomic E-state index is 14.1. The van der Waals surface area contributed by atoms with Gasteiger partial charge in [-0.25, -0.2) is 17.5 Å². The van der Waals surface area contributed by atoms with Crippen molar-refractivity contribution in [2.75, 3.05) is 32.4 Å². The fourth-order valence-corrected chi connectivity index (χ4v) is 4.38. The van der Waals surface area contributed by atoms with Crippen LogP contribution >= 0.6 is 0 Å². The lowest BCUT2D eigenvalue weighted by Crippen LogP contribution is -2.44. The quantitative estimate of drug-likeness (QED) is 0.439. The lowest BCUT2D eigenvalue weighted by Gasteiger charge is -2.25. The Morgan fingerprint density at radius 1 is 1.26 bits per heavy atom. The van der Waals surface area contributed by atoms with E-state index in [1.54, 1.807) is 13.1 Å². The van der Waals surface area contributed by atoms with Gasteiger partial charge < -0.3 is 10.6 Å². The first kappa shape index (κ1) is 20.1. The van der Waals surface area contributed by atoms with Crippen molar-refractivity contribution in [1.82, 2.24) is 15.4 Å². The molecule has 6 nitrogen and oxygen atoms in total. The molecule has 2 saturated carbocycles. The summed E-state index contributed by atoms with van der Waals surface area (Å²) in [5.74, 6) is 0.851. The van der Waals surface area contributed by atoms with Crippen LogP contribution in [-0.2, 0) is 15.4 Å². The van der Waals surface area contributed by atoms with E-state index >= 15 is 0 Å². The normalized spacial score (nSPS) is 19.4. The number of aliphatic imine (C=N–C) groups is 1. The van der Waals surface area contributed by atoms with Crippen molar-refractivity contribution in [2.45, 2.75) is 37.5 Å². The molecule has 1 aromatic rings. The molecule has 27 heavy (non-hydrogen) atoms. The zero-order valence-corrected chi connectivity index (χ0v) is 16.6. The molecule has 0 radical (unpaired) electrons. The molecule has 0 atom stereocenters. The van der Waals surface area contributed by atoms with E-state index in [2.05, 4.69) is 20.3 Å². The highest BCUT2D eigenvalue weighted by Gasteiger charge is 2.45. The number of nitrogens with zero attached hydrogens (tertiary/aromatic N) is 1. The molecule has 0 amide bonds. The van der Waals surface area contributed by atoms with Crippen LogP contribution in [0.2, 0.25) is 0 Å². The summed E-state index contributed by atoms with van der Waals surface area (Å²) in [6.07, 6.45) is 5.28. The van der Waals surface area contributed by atoms with Crippen molar-refractivity contribution in [3.8, 4) is 0 Å². The van der Waals surface area contributed by atoms with Crippen LogP contribution in [0.25, 0.3) is 0 Å². The van der Waals surface area contributed by atoms with Gasteiger partial charge in [-0.3, -0.25) is 4.99 Å². The van der Waals surface area contributed by atoms with Crippen molar-refractivity contribution in [3.05, 3.63) is 35.6 Å². The number of benzene rings is 1. The highest BCUT2D eigenvalue weighted by molar-refractivity contribution is 7.89. The Hall–Kier alpha value is -1.67. The van der Waals surface area contributed by atoms with E-state index in [4.69, 9.17) is 0 Å². The van der Waals surface area contributed by atoms with E-state index in [1.807, 2.05) is 12.1 Å². The lowest BCUT2D eigenvalue weighted by atomic mass is 9.86. The van der Waals surface area contributed by atoms with Crippen molar-refractivity contribution in [1.29, 1.82) is 0 Å². The largest absolute Gasteiger partial charge is 0.356 e. The second-order valence-corrected chi connectivity index (χ2v) is 9.50. The Kier molecular flexibility index (Phi) is 6.37. The predicted molar refractivity (Wildman–Crippen MR) is 106 cm³/mol. The van der Waals surface area contributed by atoms with Crippen LogP contribution in [0.4, 0.5) is 4.39 Å². The van der Waals surface area contributed by atoms with Gasteiger partial charge in [0.15, 0.2) is 5.96 Å². The first-order valence-electron chi connectivity index (χ1n) is 9.61. The minimum Gasteiger partial charge on any atom is -0.356 e. The van der Waals surface area contributed by atoms with E-state index in [0.29, 0.717) is 25.0 Å². The maximum Gasteiger partial charge on any atom is 0.213 e. The van der Waals surface area contributed by atoms with E-state index in [0.717, 1.165) is 31.2 Å². The number of nitrogens with one attached hydrogen (secondary N) is 3. The number of halogens is 1. The summed E-state index contributed by atoms with van der Waals surface area (Å²) in [7, 11) is -1.64. The summed E-state index contributed by atoms with van der Waals surface area (Å²) in [5, 5.41) is 6.24. The van der Waals surface area contributed by atoms with Crippen LogP contribution in [0.3, 0.4) is 0 Å². The van der Waals surface area contributed by atoms with Crippen molar-refractivity contribution in [3.63, 3.8) is 0 Å². The summed E-state index contributed by atoms with van der Waals surface area (Å²) in [4.78, 5) is 4.14. The van der Waals surface area contributed by atoms with E-state index in [1.165, 1.54) is 12.5 Å². The Morgan fingerprint density at radius 3 is 2.59 bits per heavy atom. The molecule has 150 valence electrons. The third-order valence-corrected chi connectivity index (χ3v) is 6.94. The summed E-state index contributed by atoms with van der Waals surface area (Å²) >= 11 is 0. The lowest BCUT2D eigenvalue weighted by molar-refractivity contribution is 0.316. The molecule has 3 rings (SSSR count). The Morgan fingerprint density at radius 2 is 2.00 bits per heavy atom. The molecule has 0 spiro atoms. The van der Waals surface area contributed by atoms with Gasteiger partial charge in [0.05, 0.1) is 5.75 Å². The molecule has 0 bridgehead atoms. The van der Waals surface area contributed by atoms with Gasteiger partial charge in [0.1, 0.15) is 5.82 Å². The average molecular weight is 397 g/mol. The zero-order chi connectivity index (χ0) is 19.3. The van der Waals surface area contributed by atoms with Crippen LogP contribution in [-0.4, -0.2) is 46.8 Å². The first-order valence-corrected chi connectivity index (χ1v) is 11.3. The minimum absolute atomic E-state index is 0.00111. The second-order valence-electron chi connectivity index (χ2n) is 7.58. The Balaban J connectivity index is 1.42. The summed E-state index contributed by atoms with van der Waals surface area (Å²) < 4.78 is 40.8. The number of sulfonamides is 1. The minimum atomic E-state index is -3.28. The molecule has 0 unspecified atom stereocenters. The van der Waals surface area contributed by atoms with Gasteiger partial charge in [-0.1, -0.05) is 24.6 Å². The predicted octanol–water partition coefficient (Wildman–Crippen LogP) is 1.74. The molecule has 2 aliphatic rings. The molecule has 0 heterocycles. The van der Waals surface area contributed by atoms with E-state index in [9.17, 15) is 12.8 Å². The topological polar surface area (TPSA) is 82.6 Å². The van der Waals surface area contributed by atoms with Gasteiger partial charge in [-0.15, -0.1) is 0 Å². The molecular weight excluding hydrogens is 367 g/mol. The van der Waals surface area contributed by atoms with Crippen molar-refractivity contribution in [2.24, 2.45) is 10.9 Å². The number of rotatable bonds is 9. The summed E-state index contributed by atoms with van der Waals surface area (Å²) in [6.45, 7) is 1.38. The average Bonchev–Trinajstić information content (AvgIpc) is 3.37. The van der Waals surface area contributed by atoms with Gasteiger partial charge in [0.25, 0.3) is 0 Å². The summed E-state index contributed by atoms with van der Waals surface area (Å²) in [6, 6.07) is 6.87. The highest BCUT2D eigenvalue weighted by atomic mass is 32.2. The van der Waals surface area contributed by atoms with Crippen LogP contribution in [0.15, 0.2) is 29.3 Å². The van der Waals surface area contributed by atoms with Gasteiger partial charge in [-0.2, -0.15) is 0 Å². The fourth-order valence-electron chi connectivity index (χ4n) is 3.37. The van der Waals surface area contributed by atoms with Crippen molar-refractivity contribution >= 4 is 16.0 Å². The van der Waals surface area contributed by atoms with Crippen LogP contribution < -0.4 is 15.4 Å². The first-order chi connectivity index (χ1) is 12.9. The third-order valence-electron chi connectivity index (χ3n) is 5.60. The van der Waals surface area contributed by atoms with Gasteiger partial charge in [0.2, 0.25) is 10.0 Å². The molecule has 8 heteroatoms. The molecule has 2 aliphatic carbocycles. The Bertz CT molecular complexity index is 774. The van der Waals surface area contributed by atoms with Crippen LogP contribution in [0.1, 0.15) is 37.7 Å². The van der Waals surface area contributed by atoms with Crippen LogP contribution in [0.5, 0.6) is 0 Å². The molecule has 1 aromatic carbocycles. The standard InChI is InChI=1S/C19H29FN4O2S/c1-21-18(22-11-12-27(25,26)24-13-15-5-4-6-15)23-14-19(9-10-19)16-7-2-3-8-17(16)20/h2-3,7-8,15,24H,4-6,9-14H2,1H3,(H2,21,22,23). The Labute approximate surface area is 161 Å². The van der Waals surface area contributed by atoms with Gasteiger partial charge in [0, 0.05) is 32.1 Å². The fraction of sp³-hybridized carbons (Fsp3) is 0.632. The van der Waals surface area contributed by atoms with Crippen molar-refractivity contribution < 1.29 is 12.8 Å². The molecule has 0 saturated heterocycles. The molecule has 0 aliphatic heterocycles. The van der Waals surface area contributed by atoms with Gasteiger partial charge in [-0.05, 0) is 43.2 Å². The SMILES string of the molecule is CN=C(NCCS(=O)(=O)NCC1CCC1)NCC1(c2ccccc2F)CC1. The molecule has 0 aromatic heterocycles. The molecular formula is C19H29FN4O2S. The van der Waals surface area contributed by atoms with Gasteiger partial charge >= 0.3 is 0 Å². The van der Waals surface area contributed by atoms with Crippen LogP contribution in [0, 0.1) is 11.7 Å². The maximum atomic E-state index is 14.1. The molecule has 2 fully saturated rings. The highest BCUT2D eigenvalue weighted by Crippen LogP contribution is 2.48. The second kappa shape index (κ2) is 8.56. The molecule has 3 N–H and O–H groups in total. The van der Waals surface area contributed by atoms with E-state index in [-0.39, 0.29) is 23.5 Å². The number of guanidine groups is 1. The zero-order valence-electron chi connectivity index (χ0n) is 15.8. The van der Waals surface area contributed by atoms with E-state index < -0.39 is 10.0 Å². The monoisotopic (exact) mass is 396 g/mol. The summed E-state index contributed by atoms with van der Waals surface area (Å²) in [5.41, 5.74) is 0.537. The third kappa shape index (κ3) is 5.42. The number of hydrogen-bond acceptors (Lipinski definition) is 3. The smallest absolute Gasteiger partial charge is 0.213 e. The number of hydrogen-bond donors (Lipinski definition) is 3.